The van der Waals surface area contributed by atoms with Gasteiger partial charge in [-0.05, 0) is 18.2 Å². The van der Waals surface area contributed by atoms with Crippen molar-refractivity contribution in [3.63, 3.8) is 0 Å². The normalized spacial score (nSPS) is 10.5. The van der Waals surface area contributed by atoms with E-state index in [4.69, 9.17) is 10.3 Å². The zero-order valence-electron chi connectivity index (χ0n) is 8.20. The lowest BCUT2D eigenvalue weighted by atomic mass is 10.2. The molecule has 78 valence electrons. The van der Waals surface area contributed by atoms with Gasteiger partial charge in [0.15, 0.2) is 5.82 Å². The number of hydrogen-bond donors (Lipinski definition) is 1. The molecule has 0 aliphatic heterocycles. The smallest absolute Gasteiger partial charge is 0.258 e. The number of anilines is 1. The first-order valence-corrected chi connectivity index (χ1v) is 4.58. The molecular formula is C10H10FN3O. The van der Waals surface area contributed by atoms with Gasteiger partial charge in [-0.25, -0.2) is 4.39 Å². The molecule has 0 saturated carbocycles. The number of hydrogen-bond acceptors (Lipinski definition) is 4. The second-order valence-electron chi connectivity index (χ2n) is 3.11. The zero-order chi connectivity index (χ0) is 10.8. The van der Waals surface area contributed by atoms with Crippen molar-refractivity contribution < 1.29 is 8.91 Å². The van der Waals surface area contributed by atoms with Gasteiger partial charge in [0.25, 0.3) is 5.89 Å². The van der Waals surface area contributed by atoms with Gasteiger partial charge in [0.2, 0.25) is 0 Å². The summed E-state index contributed by atoms with van der Waals surface area (Å²) in [4.78, 5) is 4.08. The Morgan fingerprint density at radius 3 is 2.87 bits per heavy atom. The SMILES string of the molecule is CCc1noc(-c2ccc(N)c(F)c2)n1. The number of nitrogens with zero attached hydrogens (tertiary/aromatic N) is 2. The maximum absolute atomic E-state index is 13.1. The fourth-order valence-corrected chi connectivity index (χ4v) is 1.17. The first-order chi connectivity index (χ1) is 7.20. The summed E-state index contributed by atoms with van der Waals surface area (Å²) in [5.74, 6) is 0.428. The summed E-state index contributed by atoms with van der Waals surface area (Å²) >= 11 is 0. The highest BCUT2D eigenvalue weighted by Crippen LogP contribution is 2.21. The molecule has 1 aromatic carbocycles. The first kappa shape index (κ1) is 9.64. The van der Waals surface area contributed by atoms with E-state index in [0.29, 0.717) is 23.7 Å². The average Bonchev–Trinajstić information content (AvgIpc) is 2.70. The van der Waals surface area contributed by atoms with E-state index in [1.165, 1.54) is 12.1 Å². The first-order valence-electron chi connectivity index (χ1n) is 4.58. The number of nitrogen functional groups attached to an aromatic ring is 1. The van der Waals surface area contributed by atoms with Crippen molar-refractivity contribution in [2.24, 2.45) is 0 Å². The van der Waals surface area contributed by atoms with E-state index in [0.717, 1.165) is 0 Å². The Morgan fingerprint density at radius 1 is 1.47 bits per heavy atom. The zero-order valence-corrected chi connectivity index (χ0v) is 8.20. The van der Waals surface area contributed by atoms with Crippen LogP contribution in [0.4, 0.5) is 10.1 Å². The van der Waals surface area contributed by atoms with E-state index < -0.39 is 5.82 Å². The van der Waals surface area contributed by atoms with Crippen molar-refractivity contribution in [2.75, 3.05) is 5.73 Å². The van der Waals surface area contributed by atoms with E-state index in [9.17, 15) is 4.39 Å². The summed E-state index contributed by atoms with van der Waals surface area (Å²) in [6.45, 7) is 1.91. The van der Waals surface area contributed by atoms with Crippen LogP contribution in [0, 0.1) is 5.82 Å². The predicted octanol–water partition coefficient (Wildman–Crippen LogP) is 2.02. The minimum absolute atomic E-state index is 0.106. The van der Waals surface area contributed by atoms with E-state index >= 15 is 0 Å². The summed E-state index contributed by atoms with van der Waals surface area (Å²) < 4.78 is 18.1. The molecule has 2 N–H and O–H groups in total. The molecule has 0 fully saturated rings. The van der Waals surface area contributed by atoms with E-state index in [1.54, 1.807) is 6.07 Å². The van der Waals surface area contributed by atoms with Crippen LogP contribution in [-0.4, -0.2) is 10.1 Å². The van der Waals surface area contributed by atoms with Crippen LogP contribution in [0.1, 0.15) is 12.7 Å². The van der Waals surface area contributed by atoms with Crippen LogP contribution >= 0.6 is 0 Å². The molecule has 5 heteroatoms. The number of nitrogens with two attached hydrogens (primary N) is 1. The van der Waals surface area contributed by atoms with Crippen molar-refractivity contribution in [3.8, 4) is 11.5 Å². The van der Waals surface area contributed by atoms with Gasteiger partial charge in [-0.15, -0.1) is 0 Å². The molecule has 0 radical (unpaired) electrons. The summed E-state index contributed by atoms with van der Waals surface area (Å²) in [7, 11) is 0. The molecule has 0 unspecified atom stereocenters. The molecule has 0 bridgehead atoms. The second kappa shape index (κ2) is 3.68. The van der Waals surface area contributed by atoms with Gasteiger partial charge in [0, 0.05) is 12.0 Å². The number of rotatable bonds is 2. The molecule has 1 aromatic heterocycles. The highest BCUT2D eigenvalue weighted by molar-refractivity contribution is 5.57. The predicted molar refractivity (Wildman–Crippen MR) is 53.5 cm³/mol. The van der Waals surface area contributed by atoms with E-state index in [1.807, 2.05) is 6.92 Å². The summed E-state index contributed by atoms with van der Waals surface area (Å²) in [5.41, 5.74) is 6.00. The van der Waals surface area contributed by atoms with Crippen LogP contribution in [0.2, 0.25) is 0 Å². The van der Waals surface area contributed by atoms with Gasteiger partial charge >= 0.3 is 0 Å². The Morgan fingerprint density at radius 2 is 2.27 bits per heavy atom. The lowest BCUT2D eigenvalue weighted by Gasteiger charge is -1.97. The van der Waals surface area contributed by atoms with Gasteiger partial charge in [0.1, 0.15) is 5.82 Å². The van der Waals surface area contributed by atoms with Gasteiger partial charge in [0.05, 0.1) is 5.69 Å². The lowest BCUT2D eigenvalue weighted by molar-refractivity contribution is 0.423. The van der Waals surface area contributed by atoms with Crippen molar-refractivity contribution in [2.45, 2.75) is 13.3 Å². The molecule has 0 amide bonds. The molecule has 0 spiro atoms. The molecular weight excluding hydrogens is 197 g/mol. The minimum atomic E-state index is -0.483. The maximum atomic E-state index is 13.1. The summed E-state index contributed by atoms with van der Waals surface area (Å²) in [6, 6.07) is 4.40. The number of aryl methyl sites for hydroxylation is 1. The number of aromatic nitrogens is 2. The molecule has 4 nitrogen and oxygen atoms in total. The topological polar surface area (TPSA) is 64.9 Å². The monoisotopic (exact) mass is 207 g/mol. The van der Waals surface area contributed by atoms with Gasteiger partial charge < -0.3 is 10.3 Å². The molecule has 2 aromatic rings. The quantitative estimate of drug-likeness (QED) is 0.765. The molecule has 1 heterocycles. The third-order valence-corrected chi connectivity index (χ3v) is 2.03. The summed E-state index contributed by atoms with van der Waals surface area (Å²) in [6.07, 6.45) is 0.682. The third kappa shape index (κ3) is 1.81. The highest BCUT2D eigenvalue weighted by atomic mass is 19.1. The van der Waals surface area contributed by atoms with Crippen LogP contribution in [0.5, 0.6) is 0 Å². The molecule has 15 heavy (non-hydrogen) atoms. The lowest BCUT2D eigenvalue weighted by Crippen LogP contribution is -1.90. The number of benzene rings is 1. The van der Waals surface area contributed by atoms with Crippen molar-refractivity contribution in [1.29, 1.82) is 0 Å². The van der Waals surface area contributed by atoms with E-state index in [-0.39, 0.29) is 5.69 Å². The molecule has 0 aliphatic rings. The van der Waals surface area contributed by atoms with Crippen LogP contribution in [0.3, 0.4) is 0 Å². The summed E-state index contributed by atoms with van der Waals surface area (Å²) in [5, 5.41) is 3.72. The second-order valence-corrected chi connectivity index (χ2v) is 3.11. The average molecular weight is 207 g/mol. The van der Waals surface area contributed by atoms with Crippen LogP contribution in [0.25, 0.3) is 11.5 Å². The fourth-order valence-electron chi connectivity index (χ4n) is 1.17. The van der Waals surface area contributed by atoms with Crippen LogP contribution < -0.4 is 5.73 Å². The van der Waals surface area contributed by atoms with Crippen molar-refractivity contribution in [1.82, 2.24) is 10.1 Å². The van der Waals surface area contributed by atoms with Gasteiger partial charge in [-0.2, -0.15) is 4.98 Å². The largest absolute Gasteiger partial charge is 0.396 e. The Hall–Kier alpha value is -1.91. The molecule has 0 aliphatic carbocycles. The van der Waals surface area contributed by atoms with Gasteiger partial charge in [-0.1, -0.05) is 12.1 Å². The number of halogens is 1. The Kier molecular flexibility index (Phi) is 2.37. The Balaban J connectivity index is 2.40. The Labute approximate surface area is 85.9 Å². The van der Waals surface area contributed by atoms with Crippen molar-refractivity contribution >= 4 is 5.69 Å². The van der Waals surface area contributed by atoms with Crippen molar-refractivity contribution in [3.05, 3.63) is 29.8 Å². The maximum Gasteiger partial charge on any atom is 0.258 e. The Bertz CT molecular complexity index is 481. The molecule has 0 saturated heterocycles. The highest BCUT2D eigenvalue weighted by Gasteiger charge is 2.09. The fraction of sp³-hybridized carbons (Fsp3) is 0.200. The molecule has 2 rings (SSSR count). The minimum Gasteiger partial charge on any atom is -0.396 e. The van der Waals surface area contributed by atoms with E-state index in [2.05, 4.69) is 10.1 Å². The third-order valence-electron chi connectivity index (χ3n) is 2.03. The van der Waals surface area contributed by atoms with Crippen LogP contribution in [0.15, 0.2) is 22.7 Å². The van der Waals surface area contributed by atoms with Crippen LogP contribution in [-0.2, 0) is 6.42 Å². The van der Waals surface area contributed by atoms with Gasteiger partial charge in [-0.3, -0.25) is 0 Å². The standard InChI is InChI=1S/C10H10FN3O/c1-2-9-13-10(15-14-9)6-3-4-8(12)7(11)5-6/h3-5H,2,12H2,1H3. The molecule has 0 atom stereocenters.